The van der Waals surface area contributed by atoms with Crippen molar-refractivity contribution in [2.75, 3.05) is 52.9 Å². The summed E-state index contributed by atoms with van der Waals surface area (Å²) in [6.07, 6.45) is -0.0759. The molecule has 0 aromatic heterocycles. The third-order valence-corrected chi connectivity index (χ3v) is 7.28. The molecule has 1 aliphatic carbocycles. The Morgan fingerprint density at radius 2 is 1.22 bits per heavy atom. The largest absolute Gasteiger partial charge is 0.514 e. The van der Waals surface area contributed by atoms with Crippen molar-refractivity contribution < 1.29 is 61.5 Å². The van der Waals surface area contributed by atoms with Gasteiger partial charge in [0.25, 0.3) is 0 Å². The minimum Gasteiger partial charge on any atom is -0.460 e. The number of halogens is 1. The van der Waals surface area contributed by atoms with E-state index >= 15 is 0 Å². The summed E-state index contributed by atoms with van der Waals surface area (Å²) >= 11 is 0. The summed E-state index contributed by atoms with van der Waals surface area (Å²) in [5.74, 6) is -2.42. The van der Waals surface area contributed by atoms with E-state index in [0.717, 1.165) is 40.5 Å². The van der Waals surface area contributed by atoms with Gasteiger partial charge in [0.05, 0.1) is 45.2 Å². The fourth-order valence-electron chi connectivity index (χ4n) is 4.97. The Hall–Kier alpha value is -5.11. The lowest BCUT2D eigenvalue weighted by Gasteiger charge is -2.22. The first-order chi connectivity index (χ1) is 23.5. The Kier molecular flexibility index (Phi) is 13.0. The Labute approximate surface area is 282 Å². The van der Waals surface area contributed by atoms with Gasteiger partial charge in [0, 0.05) is 18.4 Å². The van der Waals surface area contributed by atoms with Crippen molar-refractivity contribution in [3.05, 3.63) is 89.8 Å². The van der Waals surface area contributed by atoms with Crippen molar-refractivity contribution in [1.82, 2.24) is 0 Å². The lowest BCUT2D eigenvalue weighted by Crippen LogP contribution is -2.17. The highest BCUT2D eigenvalue weighted by Crippen LogP contribution is 2.50. The van der Waals surface area contributed by atoms with Gasteiger partial charge < -0.3 is 37.9 Å². The monoisotopic (exact) mass is 680 g/mol. The zero-order valence-electron chi connectivity index (χ0n) is 27.4. The zero-order valence-corrected chi connectivity index (χ0v) is 27.4. The third-order valence-electron chi connectivity index (χ3n) is 7.28. The number of hydrogen-bond acceptors (Lipinski definition) is 12. The Bertz CT molecular complexity index is 1680. The predicted molar refractivity (Wildman–Crippen MR) is 172 cm³/mol. The van der Waals surface area contributed by atoms with E-state index in [1.807, 2.05) is 32.0 Å². The molecule has 0 heterocycles. The summed E-state index contributed by atoms with van der Waals surface area (Å²) in [6.45, 7) is 10.1. The van der Waals surface area contributed by atoms with Crippen LogP contribution in [0, 0.1) is 5.82 Å². The average molecular weight is 681 g/mol. The quantitative estimate of drug-likeness (QED) is 0.0578. The van der Waals surface area contributed by atoms with Crippen LogP contribution in [0.2, 0.25) is 0 Å². The number of esters is 3. The number of fused-ring (bicyclic) bond motifs is 3. The van der Waals surface area contributed by atoms with Gasteiger partial charge in [0.15, 0.2) is 11.6 Å². The van der Waals surface area contributed by atoms with Crippen LogP contribution in [0.5, 0.6) is 17.2 Å². The highest BCUT2D eigenvalue weighted by Gasteiger charge is 2.36. The number of carbonyl (C=O) groups excluding carboxylic acids is 4. The van der Waals surface area contributed by atoms with E-state index < -0.39 is 41.0 Å². The molecule has 4 rings (SSSR count). The van der Waals surface area contributed by atoms with E-state index in [1.54, 1.807) is 18.2 Å². The summed E-state index contributed by atoms with van der Waals surface area (Å²) in [4.78, 5) is 47.2. The highest BCUT2D eigenvalue weighted by atomic mass is 19.1. The first-order valence-electron chi connectivity index (χ1n) is 15.4. The molecule has 0 amide bonds. The van der Waals surface area contributed by atoms with E-state index in [1.165, 1.54) is 13.0 Å². The molecule has 0 radical (unpaired) electrons. The molecular weight excluding hydrogens is 643 g/mol. The predicted octanol–water partition coefficient (Wildman–Crippen LogP) is 5.57. The molecule has 49 heavy (non-hydrogen) atoms. The molecule has 0 bridgehead atoms. The fourth-order valence-corrected chi connectivity index (χ4v) is 4.97. The molecule has 1 aliphatic rings. The second kappa shape index (κ2) is 17.3. The maximum atomic E-state index is 14.7. The van der Waals surface area contributed by atoms with Gasteiger partial charge >= 0.3 is 24.1 Å². The van der Waals surface area contributed by atoms with E-state index in [9.17, 15) is 23.6 Å². The normalized spacial score (nSPS) is 12.3. The second-order valence-corrected chi connectivity index (χ2v) is 11.1. The Morgan fingerprint density at radius 1 is 0.694 bits per heavy atom. The van der Waals surface area contributed by atoms with E-state index in [0.29, 0.717) is 19.0 Å². The van der Waals surface area contributed by atoms with E-state index in [2.05, 4.69) is 6.58 Å². The summed E-state index contributed by atoms with van der Waals surface area (Å²) in [7, 11) is 0. The van der Waals surface area contributed by atoms with Gasteiger partial charge in [-0.15, -0.1) is 0 Å². The van der Waals surface area contributed by atoms with Gasteiger partial charge in [-0.3, -0.25) is 4.79 Å². The number of benzene rings is 3. The first-order valence-corrected chi connectivity index (χ1v) is 15.4. The van der Waals surface area contributed by atoms with E-state index in [4.69, 9.17) is 37.9 Å². The number of carbonyl (C=O) groups is 4. The molecule has 0 N–H and O–H groups in total. The molecule has 0 saturated heterocycles. The topological polar surface area (TPSA) is 142 Å². The number of rotatable bonds is 17. The molecule has 260 valence electrons. The molecule has 0 atom stereocenters. The smallest absolute Gasteiger partial charge is 0.460 e. The van der Waals surface area contributed by atoms with Crippen LogP contribution in [0.3, 0.4) is 0 Å². The van der Waals surface area contributed by atoms with Crippen molar-refractivity contribution in [3.63, 3.8) is 0 Å². The average Bonchev–Trinajstić information content (AvgIpc) is 3.28. The molecule has 0 fully saturated rings. The van der Waals surface area contributed by atoms with Gasteiger partial charge in [0.2, 0.25) is 0 Å². The molecule has 12 nitrogen and oxygen atoms in total. The van der Waals surface area contributed by atoms with Crippen LogP contribution in [-0.2, 0) is 38.7 Å². The molecule has 3 aromatic carbocycles. The number of ether oxygens (including phenoxy) is 8. The van der Waals surface area contributed by atoms with Crippen LogP contribution >= 0.6 is 0 Å². The van der Waals surface area contributed by atoms with Crippen molar-refractivity contribution in [3.8, 4) is 28.4 Å². The molecule has 0 spiro atoms. The molecule has 13 heteroatoms. The summed E-state index contributed by atoms with van der Waals surface area (Å²) in [5, 5.41) is 0. The van der Waals surface area contributed by atoms with Crippen molar-refractivity contribution in [1.29, 1.82) is 0 Å². The van der Waals surface area contributed by atoms with Crippen LogP contribution in [0.1, 0.15) is 42.3 Å². The number of hydrogen-bond donors (Lipinski definition) is 0. The summed E-state index contributed by atoms with van der Waals surface area (Å²) < 4.78 is 56.0. The summed E-state index contributed by atoms with van der Waals surface area (Å²) in [6, 6.07) is 14.0. The Balaban J connectivity index is 1.17. The van der Waals surface area contributed by atoms with Gasteiger partial charge in [-0.05, 0) is 64.7 Å². The van der Waals surface area contributed by atoms with Gasteiger partial charge in [0.1, 0.15) is 24.7 Å². The molecule has 0 unspecified atom stereocenters. The van der Waals surface area contributed by atoms with Crippen molar-refractivity contribution in [2.45, 2.75) is 26.2 Å². The first kappa shape index (κ1) is 36.7. The molecule has 3 aromatic rings. The van der Waals surface area contributed by atoms with Gasteiger partial charge in [-0.2, -0.15) is 0 Å². The molecule has 0 saturated carbocycles. The lowest BCUT2D eigenvalue weighted by atomic mass is 9.82. The summed E-state index contributed by atoms with van der Waals surface area (Å²) in [5.41, 5.74) is 3.22. The molecule has 0 aliphatic heterocycles. The van der Waals surface area contributed by atoms with Crippen molar-refractivity contribution in [2.24, 2.45) is 0 Å². The minimum atomic E-state index is -1.15. The third kappa shape index (κ3) is 10.2. The van der Waals surface area contributed by atoms with Crippen LogP contribution in [0.15, 0.2) is 67.3 Å². The van der Waals surface area contributed by atoms with Gasteiger partial charge in [-0.1, -0.05) is 32.6 Å². The van der Waals surface area contributed by atoms with Crippen LogP contribution in [0.25, 0.3) is 11.1 Å². The standard InChI is InChI=1S/C36H37FO12/c1-5-33(39)45-18-16-43-14-12-42-13-15-44-17-19-46-35(41)49-32-11-6-24(20-31(32)37)34(40)48-26-8-10-28-27-9-7-25(47-23(2)38)21-29(27)36(3,4)30(28)22-26/h5-11,20-22H,1,12-19H2,2-4H3. The minimum absolute atomic E-state index is 0.0537. The Morgan fingerprint density at radius 3 is 1.76 bits per heavy atom. The van der Waals surface area contributed by atoms with Gasteiger partial charge in [-0.25, -0.2) is 18.8 Å². The zero-order chi connectivity index (χ0) is 35.4. The highest BCUT2D eigenvalue weighted by molar-refractivity contribution is 5.92. The SMILES string of the molecule is C=CC(=O)OCCOCCOCCOCCOC(=O)Oc1ccc(C(=O)Oc2ccc3c(c2)C(C)(C)c2cc(OC(C)=O)ccc2-3)cc1F. The van der Waals surface area contributed by atoms with Crippen LogP contribution in [0.4, 0.5) is 9.18 Å². The van der Waals surface area contributed by atoms with Crippen LogP contribution in [-0.4, -0.2) is 76.9 Å². The maximum Gasteiger partial charge on any atom is 0.514 e. The van der Waals surface area contributed by atoms with Crippen LogP contribution < -0.4 is 14.2 Å². The second-order valence-electron chi connectivity index (χ2n) is 11.1. The lowest BCUT2D eigenvalue weighted by molar-refractivity contribution is -0.139. The van der Waals surface area contributed by atoms with E-state index in [-0.39, 0.29) is 51.0 Å². The fraction of sp³-hybridized carbons (Fsp3) is 0.333. The maximum absolute atomic E-state index is 14.7. The van der Waals surface area contributed by atoms with Crippen molar-refractivity contribution >= 4 is 24.1 Å². The molecular formula is C36H37FO12.